The number of ether oxygens (including phenoxy) is 2. The molecule has 0 saturated carbocycles. The summed E-state index contributed by atoms with van der Waals surface area (Å²) >= 11 is 0. The highest BCUT2D eigenvalue weighted by Gasteiger charge is 2.24. The first-order chi connectivity index (χ1) is 12.5. The van der Waals surface area contributed by atoms with Crippen molar-refractivity contribution < 1.29 is 23.5 Å². The van der Waals surface area contributed by atoms with Crippen LogP contribution < -0.4 is 15.4 Å². The quantitative estimate of drug-likeness (QED) is 0.687. The molecule has 0 spiro atoms. The lowest BCUT2D eigenvalue weighted by molar-refractivity contribution is -0.138. The third-order valence-corrected chi connectivity index (χ3v) is 4.03. The van der Waals surface area contributed by atoms with Crippen LogP contribution in [0.3, 0.4) is 0 Å². The molecule has 1 aromatic rings. The number of rotatable bonds is 8. The summed E-state index contributed by atoms with van der Waals surface area (Å²) in [6, 6.07) is 4.42. The zero-order valence-corrected chi connectivity index (χ0v) is 15.2. The van der Waals surface area contributed by atoms with Crippen molar-refractivity contribution in [3.8, 4) is 5.75 Å². The van der Waals surface area contributed by atoms with Crippen molar-refractivity contribution in [1.82, 2.24) is 15.5 Å². The first kappa shape index (κ1) is 19.7. The van der Waals surface area contributed by atoms with E-state index in [1.54, 1.807) is 19.1 Å². The molecule has 0 atom stereocenters. The number of benzene rings is 1. The number of nitrogens with zero attached hydrogens (tertiary/aromatic N) is 1. The molecular weight excluding hydrogens is 341 g/mol. The van der Waals surface area contributed by atoms with Crippen molar-refractivity contribution in [2.75, 3.05) is 33.4 Å². The van der Waals surface area contributed by atoms with Gasteiger partial charge in [-0.3, -0.25) is 4.90 Å². The second kappa shape index (κ2) is 9.19. The first-order valence-electron chi connectivity index (χ1n) is 8.47. The van der Waals surface area contributed by atoms with Gasteiger partial charge in [0.2, 0.25) is 0 Å². The zero-order chi connectivity index (χ0) is 19.1. The van der Waals surface area contributed by atoms with Crippen molar-refractivity contribution in [3.63, 3.8) is 0 Å². The molecule has 0 radical (unpaired) electrons. The second-order valence-corrected chi connectivity index (χ2v) is 5.76. The number of hydrogen-bond acceptors (Lipinski definition) is 5. The van der Waals surface area contributed by atoms with E-state index < -0.39 is 11.8 Å². The van der Waals surface area contributed by atoms with Crippen molar-refractivity contribution in [1.29, 1.82) is 0 Å². The van der Waals surface area contributed by atoms with E-state index in [1.165, 1.54) is 13.2 Å². The van der Waals surface area contributed by atoms with E-state index in [-0.39, 0.29) is 24.9 Å². The van der Waals surface area contributed by atoms with Gasteiger partial charge in [0.1, 0.15) is 0 Å². The number of likely N-dealkylation sites (N-methyl/N-ethyl adjacent to an activating group) is 1. The summed E-state index contributed by atoms with van der Waals surface area (Å²) in [4.78, 5) is 25.7. The van der Waals surface area contributed by atoms with Crippen LogP contribution in [0.25, 0.3) is 0 Å². The van der Waals surface area contributed by atoms with E-state index >= 15 is 0 Å². The Morgan fingerprint density at radius 1 is 1.31 bits per heavy atom. The molecule has 1 heterocycles. The van der Waals surface area contributed by atoms with Gasteiger partial charge in [0.25, 0.3) is 0 Å². The fraction of sp³-hybridized carbons (Fsp3) is 0.444. The molecule has 2 N–H and O–H groups in total. The molecule has 7 nitrogen and oxygen atoms in total. The Balaban J connectivity index is 2.16. The maximum Gasteiger partial charge on any atom is 0.337 e. The molecule has 0 bridgehead atoms. The highest BCUT2D eigenvalue weighted by molar-refractivity contribution is 5.93. The van der Waals surface area contributed by atoms with Crippen molar-refractivity contribution in [2.24, 2.45) is 0 Å². The van der Waals surface area contributed by atoms with Crippen LogP contribution in [0, 0.1) is 5.82 Å². The third kappa shape index (κ3) is 4.95. The SMILES string of the molecule is CCOC(=O)C1=C(CN(CC)Cc2ccc(OC)c(F)c2)NC(=O)NC1. The van der Waals surface area contributed by atoms with Crippen molar-refractivity contribution in [3.05, 3.63) is 40.8 Å². The first-order valence-corrected chi connectivity index (χ1v) is 8.47. The average Bonchev–Trinajstić information content (AvgIpc) is 2.61. The molecule has 2 rings (SSSR count). The number of hydrogen-bond donors (Lipinski definition) is 2. The molecule has 1 aromatic carbocycles. The summed E-state index contributed by atoms with van der Waals surface area (Å²) in [5.41, 5.74) is 1.66. The van der Waals surface area contributed by atoms with Gasteiger partial charge in [-0.15, -0.1) is 0 Å². The van der Waals surface area contributed by atoms with Crippen molar-refractivity contribution >= 4 is 12.0 Å². The van der Waals surface area contributed by atoms with Gasteiger partial charge in [-0.05, 0) is 31.2 Å². The van der Waals surface area contributed by atoms with Crippen LogP contribution in [0.2, 0.25) is 0 Å². The van der Waals surface area contributed by atoms with Crippen LogP contribution in [0.5, 0.6) is 5.75 Å². The largest absolute Gasteiger partial charge is 0.494 e. The Hall–Kier alpha value is -2.61. The number of esters is 1. The minimum atomic E-state index is -0.457. The standard InChI is InChI=1S/C18H24FN3O4/c1-4-22(10-12-6-7-16(25-3)14(19)8-12)11-15-13(17(23)26-5-2)9-20-18(24)21-15/h6-8H,4-5,9-11H2,1-3H3,(H2,20,21,24). The number of halogens is 1. The lowest BCUT2D eigenvalue weighted by atomic mass is 10.1. The molecule has 2 amide bonds. The highest BCUT2D eigenvalue weighted by Crippen LogP contribution is 2.19. The number of amides is 2. The molecule has 0 unspecified atom stereocenters. The molecular formula is C18H24FN3O4. The van der Waals surface area contributed by atoms with Gasteiger partial charge in [0.05, 0.1) is 25.8 Å². The molecule has 0 saturated heterocycles. The van der Waals surface area contributed by atoms with Crippen LogP contribution in [-0.2, 0) is 16.1 Å². The molecule has 0 aromatic heterocycles. The lowest BCUT2D eigenvalue weighted by Crippen LogP contribution is -2.46. The maximum atomic E-state index is 13.9. The molecule has 0 aliphatic carbocycles. The molecule has 0 fully saturated rings. The molecule has 1 aliphatic rings. The number of methoxy groups -OCH3 is 1. The Bertz CT molecular complexity index is 706. The van der Waals surface area contributed by atoms with Gasteiger partial charge in [-0.2, -0.15) is 0 Å². The summed E-state index contributed by atoms with van der Waals surface area (Å²) in [5.74, 6) is -0.695. The molecule has 1 aliphatic heterocycles. The van der Waals surface area contributed by atoms with Gasteiger partial charge in [-0.1, -0.05) is 13.0 Å². The van der Waals surface area contributed by atoms with Crippen LogP contribution in [0.4, 0.5) is 9.18 Å². The Morgan fingerprint density at radius 2 is 2.08 bits per heavy atom. The topological polar surface area (TPSA) is 79.9 Å². The predicted molar refractivity (Wildman–Crippen MR) is 94.1 cm³/mol. The smallest absolute Gasteiger partial charge is 0.337 e. The van der Waals surface area contributed by atoms with E-state index in [0.717, 1.165) is 5.56 Å². The maximum absolute atomic E-state index is 13.9. The fourth-order valence-corrected chi connectivity index (χ4v) is 2.65. The summed E-state index contributed by atoms with van der Waals surface area (Å²) in [5, 5.41) is 5.25. The van der Waals surface area contributed by atoms with Crippen molar-refractivity contribution in [2.45, 2.75) is 20.4 Å². The Morgan fingerprint density at radius 3 is 2.69 bits per heavy atom. The predicted octanol–water partition coefficient (Wildman–Crippen LogP) is 1.79. The lowest BCUT2D eigenvalue weighted by Gasteiger charge is -2.27. The normalized spacial score (nSPS) is 14.1. The van der Waals surface area contributed by atoms with Gasteiger partial charge >= 0.3 is 12.0 Å². The van der Waals surface area contributed by atoms with E-state index in [0.29, 0.717) is 30.9 Å². The average molecular weight is 365 g/mol. The number of carbonyl (C=O) groups excluding carboxylic acids is 2. The molecule has 8 heteroatoms. The van der Waals surface area contributed by atoms with Gasteiger partial charge < -0.3 is 20.1 Å². The minimum absolute atomic E-state index is 0.120. The Kier molecular flexibility index (Phi) is 6.97. The number of carbonyl (C=O) groups is 2. The zero-order valence-electron chi connectivity index (χ0n) is 15.2. The van der Waals surface area contributed by atoms with E-state index in [1.807, 2.05) is 11.8 Å². The minimum Gasteiger partial charge on any atom is -0.494 e. The number of urea groups is 1. The fourth-order valence-electron chi connectivity index (χ4n) is 2.65. The van der Waals surface area contributed by atoms with E-state index in [9.17, 15) is 14.0 Å². The van der Waals surface area contributed by atoms with Gasteiger partial charge in [0, 0.05) is 18.8 Å². The summed E-state index contributed by atoms with van der Waals surface area (Å²) < 4.78 is 23.9. The highest BCUT2D eigenvalue weighted by atomic mass is 19.1. The van der Waals surface area contributed by atoms with E-state index in [2.05, 4.69) is 10.6 Å². The molecule has 142 valence electrons. The summed E-state index contributed by atoms with van der Waals surface area (Å²) in [6.45, 7) is 5.50. The van der Waals surface area contributed by atoms with Crippen LogP contribution >= 0.6 is 0 Å². The van der Waals surface area contributed by atoms with Gasteiger partial charge in [-0.25, -0.2) is 14.0 Å². The monoisotopic (exact) mass is 365 g/mol. The van der Waals surface area contributed by atoms with Crippen LogP contribution in [-0.4, -0.2) is 50.3 Å². The Labute approximate surface area is 152 Å². The van der Waals surface area contributed by atoms with Crippen LogP contribution in [0.1, 0.15) is 19.4 Å². The second-order valence-electron chi connectivity index (χ2n) is 5.76. The summed E-state index contributed by atoms with van der Waals surface area (Å²) in [7, 11) is 1.42. The van der Waals surface area contributed by atoms with Gasteiger partial charge in [0.15, 0.2) is 11.6 Å². The molecule has 26 heavy (non-hydrogen) atoms. The van der Waals surface area contributed by atoms with E-state index in [4.69, 9.17) is 9.47 Å². The number of nitrogens with one attached hydrogen (secondary N) is 2. The van der Waals surface area contributed by atoms with Crippen LogP contribution in [0.15, 0.2) is 29.5 Å². The summed E-state index contributed by atoms with van der Waals surface area (Å²) in [6.07, 6.45) is 0. The third-order valence-electron chi connectivity index (χ3n) is 4.03.